The van der Waals surface area contributed by atoms with Crippen LogP contribution in [0.25, 0.3) is 0 Å². The summed E-state index contributed by atoms with van der Waals surface area (Å²) in [6.45, 7) is 3.08. The van der Waals surface area contributed by atoms with Crippen LogP contribution < -0.4 is 0 Å². The smallest absolute Gasteiger partial charge is 0.374 e. The fraction of sp³-hybridized carbons (Fsp3) is 0.316. The van der Waals surface area contributed by atoms with Crippen LogP contribution in [-0.2, 0) is 19.1 Å². The second kappa shape index (κ2) is 8.24. The molecule has 0 spiro atoms. The second-order valence-electron chi connectivity index (χ2n) is 5.39. The largest absolute Gasteiger partial charge is 0.460 e. The molecule has 0 aliphatic heterocycles. The molecule has 0 aromatic heterocycles. The van der Waals surface area contributed by atoms with Crippen molar-refractivity contribution >= 4 is 17.7 Å². The first-order valence-corrected chi connectivity index (χ1v) is 7.92. The van der Waals surface area contributed by atoms with E-state index in [2.05, 4.69) is 0 Å². The molecule has 0 heterocycles. The quantitative estimate of drug-likeness (QED) is 0.359. The molecule has 1 aromatic carbocycles. The fourth-order valence-electron chi connectivity index (χ4n) is 2.54. The number of Topliss-reactive ketones (excluding diaryl/α,β-unsaturated/α-hetero) is 1. The van der Waals surface area contributed by atoms with E-state index in [0.29, 0.717) is 36.0 Å². The average molecular weight is 328 g/mol. The number of carbonyl (C=O) groups excluding carboxylic acids is 3. The van der Waals surface area contributed by atoms with E-state index in [1.165, 1.54) is 6.92 Å². The molecule has 126 valence electrons. The van der Waals surface area contributed by atoms with Crippen molar-refractivity contribution in [3.8, 4) is 0 Å². The van der Waals surface area contributed by atoms with Gasteiger partial charge in [0.05, 0.1) is 6.61 Å². The zero-order chi connectivity index (χ0) is 17.5. The van der Waals surface area contributed by atoms with Gasteiger partial charge < -0.3 is 9.47 Å². The molecule has 0 saturated heterocycles. The summed E-state index contributed by atoms with van der Waals surface area (Å²) in [5.74, 6) is -1.49. The van der Waals surface area contributed by atoms with Crippen molar-refractivity contribution < 1.29 is 23.9 Å². The lowest BCUT2D eigenvalue weighted by Gasteiger charge is -2.17. The van der Waals surface area contributed by atoms with Crippen LogP contribution >= 0.6 is 0 Å². The molecular formula is C19H20O5. The van der Waals surface area contributed by atoms with Crippen molar-refractivity contribution in [1.29, 1.82) is 0 Å². The SMILES string of the molecule is CCOC(=O)/C(OC(C)=O)=C1/C=C(C(=O)c2ccccc2)CCC1. The van der Waals surface area contributed by atoms with Gasteiger partial charge in [0.2, 0.25) is 5.76 Å². The first-order chi connectivity index (χ1) is 11.5. The van der Waals surface area contributed by atoms with Crippen molar-refractivity contribution in [3.05, 3.63) is 58.9 Å². The van der Waals surface area contributed by atoms with E-state index < -0.39 is 11.9 Å². The minimum atomic E-state index is -0.688. The van der Waals surface area contributed by atoms with Crippen molar-refractivity contribution in [1.82, 2.24) is 0 Å². The van der Waals surface area contributed by atoms with Crippen molar-refractivity contribution in [2.45, 2.75) is 33.1 Å². The second-order valence-corrected chi connectivity index (χ2v) is 5.39. The summed E-state index contributed by atoms with van der Waals surface area (Å²) in [5.41, 5.74) is 1.71. The van der Waals surface area contributed by atoms with Crippen LogP contribution in [0.5, 0.6) is 0 Å². The van der Waals surface area contributed by atoms with Gasteiger partial charge in [-0.05, 0) is 32.3 Å². The standard InChI is InChI=1S/C19H20O5/c1-3-23-19(22)18(24-13(2)20)16-11-7-10-15(12-16)17(21)14-8-5-4-6-9-14/h4-6,8-9,12H,3,7,10-11H2,1-2H3/b18-16-. The van der Waals surface area contributed by atoms with E-state index in [4.69, 9.17) is 9.47 Å². The lowest BCUT2D eigenvalue weighted by atomic mass is 9.89. The van der Waals surface area contributed by atoms with E-state index in [1.54, 1.807) is 37.3 Å². The van der Waals surface area contributed by atoms with E-state index in [0.717, 1.165) is 0 Å². The third kappa shape index (κ3) is 4.41. The minimum Gasteiger partial charge on any atom is -0.460 e. The molecule has 5 heteroatoms. The number of ether oxygens (including phenoxy) is 2. The predicted octanol–water partition coefficient (Wildman–Crippen LogP) is 3.36. The molecule has 0 N–H and O–H groups in total. The van der Waals surface area contributed by atoms with Crippen molar-refractivity contribution in [2.24, 2.45) is 0 Å². The summed E-state index contributed by atoms with van der Waals surface area (Å²) in [6, 6.07) is 8.95. The Morgan fingerprint density at radius 2 is 1.79 bits per heavy atom. The molecular weight excluding hydrogens is 308 g/mol. The Morgan fingerprint density at radius 1 is 1.08 bits per heavy atom. The lowest BCUT2D eigenvalue weighted by molar-refractivity contribution is -0.150. The Labute approximate surface area is 141 Å². The summed E-state index contributed by atoms with van der Waals surface area (Å²) in [4.78, 5) is 35.9. The Kier molecular flexibility index (Phi) is 6.07. The average Bonchev–Trinajstić information content (AvgIpc) is 2.60. The van der Waals surface area contributed by atoms with Crippen LogP contribution in [0.1, 0.15) is 43.5 Å². The highest BCUT2D eigenvalue weighted by molar-refractivity contribution is 6.09. The number of hydrogen-bond donors (Lipinski definition) is 0. The zero-order valence-electron chi connectivity index (χ0n) is 13.8. The van der Waals surface area contributed by atoms with Gasteiger partial charge >= 0.3 is 11.9 Å². The fourth-order valence-corrected chi connectivity index (χ4v) is 2.54. The number of carbonyl (C=O) groups is 3. The highest BCUT2D eigenvalue weighted by atomic mass is 16.6. The van der Waals surface area contributed by atoms with Crippen LogP contribution in [0.15, 0.2) is 53.3 Å². The van der Waals surface area contributed by atoms with Gasteiger partial charge in [-0.25, -0.2) is 4.79 Å². The molecule has 0 atom stereocenters. The van der Waals surface area contributed by atoms with E-state index in [-0.39, 0.29) is 18.1 Å². The first-order valence-electron chi connectivity index (χ1n) is 7.92. The van der Waals surface area contributed by atoms with Gasteiger partial charge in [-0.15, -0.1) is 0 Å². The van der Waals surface area contributed by atoms with Crippen molar-refractivity contribution in [2.75, 3.05) is 6.61 Å². The number of rotatable bonds is 5. The summed E-state index contributed by atoms with van der Waals surface area (Å²) < 4.78 is 10.00. The minimum absolute atomic E-state index is 0.0844. The maximum absolute atomic E-state index is 12.6. The molecule has 0 radical (unpaired) electrons. The lowest BCUT2D eigenvalue weighted by Crippen LogP contribution is -2.17. The molecule has 1 aromatic rings. The summed E-state index contributed by atoms with van der Waals surface area (Å²) >= 11 is 0. The van der Waals surface area contributed by atoms with E-state index >= 15 is 0 Å². The number of allylic oxidation sites excluding steroid dienone is 3. The predicted molar refractivity (Wildman–Crippen MR) is 88.1 cm³/mol. The van der Waals surface area contributed by atoms with E-state index in [1.807, 2.05) is 6.07 Å². The maximum atomic E-state index is 12.6. The normalized spacial score (nSPS) is 16.0. The van der Waals surface area contributed by atoms with Gasteiger partial charge in [-0.1, -0.05) is 30.3 Å². The Hall–Kier alpha value is -2.69. The van der Waals surface area contributed by atoms with Gasteiger partial charge in [-0.3, -0.25) is 9.59 Å². The third-order valence-corrected chi connectivity index (χ3v) is 3.57. The van der Waals surface area contributed by atoms with Crippen LogP contribution in [-0.4, -0.2) is 24.3 Å². The topological polar surface area (TPSA) is 69.7 Å². The zero-order valence-corrected chi connectivity index (χ0v) is 13.8. The van der Waals surface area contributed by atoms with Gasteiger partial charge in [-0.2, -0.15) is 0 Å². The number of benzene rings is 1. The third-order valence-electron chi connectivity index (χ3n) is 3.57. The van der Waals surface area contributed by atoms with Crippen molar-refractivity contribution in [3.63, 3.8) is 0 Å². The Balaban J connectivity index is 2.38. The van der Waals surface area contributed by atoms with Crippen LogP contribution in [0.4, 0.5) is 0 Å². The first kappa shape index (κ1) is 17.7. The number of ketones is 1. The van der Waals surface area contributed by atoms with Crippen LogP contribution in [0, 0.1) is 0 Å². The molecule has 0 unspecified atom stereocenters. The molecule has 2 rings (SSSR count). The molecule has 0 amide bonds. The Bertz CT molecular complexity index is 698. The van der Waals surface area contributed by atoms with Gasteiger partial charge in [0.15, 0.2) is 5.78 Å². The highest BCUT2D eigenvalue weighted by Gasteiger charge is 2.24. The summed E-state index contributed by atoms with van der Waals surface area (Å²) in [5, 5.41) is 0. The monoisotopic (exact) mass is 328 g/mol. The molecule has 5 nitrogen and oxygen atoms in total. The van der Waals surface area contributed by atoms with Gasteiger partial charge in [0, 0.05) is 23.6 Å². The molecule has 0 fully saturated rings. The Morgan fingerprint density at radius 3 is 2.42 bits per heavy atom. The highest BCUT2D eigenvalue weighted by Crippen LogP contribution is 2.28. The molecule has 0 saturated carbocycles. The van der Waals surface area contributed by atoms with Crippen LogP contribution in [0.2, 0.25) is 0 Å². The summed E-state index contributed by atoms with van der Waals surface area (Å²) in [6.07, 6.45) is 3.51. The molecule has 1 aliphatic rings. The molecule has 0 bridgehead atoms. The van der Waals surface area contributed by atoms with Gasteiger partial charge in [0.1, 0.15) is 0 Å². The van der Waals surface area contributed by atoms with Crippen LogP contribution in [0.3, 0.4) is 0 Å². The number of hydrogen-bond acceptors (Lipinski definition) is 5. The summed E-state index contributed by atoms with van der Waals surface area (Å²) in [7, 11) is 0. The number of esters is 2. The maximum Gasteiger partial charge on any atom is 0.374 e. The van der Waals surface area contributed by atoms with Gasteiger partial charge in [0.25, 0.3) is 0 Å². The van der Waals surface area contributed by atoms with E-state index in [9.17, 15) is 14.4 Å². The molecule has 1 aliphatic carbocycles. The molecule has 24 heavy (non-hydrogen) atoms.